The van der Waals surface area contributed by atoms with Crippen LogP contribution in [0.3, 0.4) is 0 Å². The van der Waals surface area contributed by atoms with Gasteiger partial charge in [0, 0.05) is 12.5 Å². The zero-order valence-corrected chi connectivity index (χ0v) is 17.7. The van der Waals surface area contributed by atoms with Crippen LogP contribution < -0.4 is 10.6 Å². The van der Waals surface area contributed by atoms with Crippen LogP contribution >= 0.6 is 15.9 Å². The van der Waals surface area contributed by atoms with Crippen LogP contribution in [0.15, 0.2) is 46.9 Å². The van der Waals surface area contributed by atoms with Gasteiger partial charge in [0.15, 0.2) is 0 Å². The van der Waals surface area contributed by atoms with E-state index in [-0.39, 0.29) is 11.8 Å². The van der Waals surface area contributed by atoms with Crippen LogP contribution in [-0.4, -0.2) is 21.6 Å². The van der Waals surface area contributed by atoms with Gasteiger partial charge >= 0.3 is 0 Å². The van der Waals surface area contributed by atoms with Crippen molar-refractivity contribution in [3.05, 3.63) is 69.5 Å². The molecular formula is C21H21BrN4O2. The molecule has 3 rings (SSSR count). The second-order valence-electron chi connectivity index (χ2n) is 6.63. The van der Waals surface area contributed by atoms with Crippen LogP contribution in [-0.2, 0) is 4.79 Å². The molecule has 28 heavy (non-hydrogen) atoms. The van der Waals surface area contributed by atoms with Gasteiger partial charge in [-0.25, -0.2) is 4.68 Å². The van der Waals surface area contributed by atoms with E-state index in [0.29, 0.717) is 16.9 Å². The number of anilines is 2. The minimum atomic E-state index is -0.252. The fourth-order valence-corrected chi connectivity index (χ4v) is 3.13. The van der Waals surface area contributed by atoms with Crippen LogP contribution in [0.2, 0.25) is 0 Å². The lowest BCUT2D eigenvalue weighted by atomic mass is 10.1. The van der Waals surface area contributed by atoms with Crippen LogP contribution in [0, 0.1) is 20.8 Å². The Hall–Kier alpha value is -2.93. The third-order valence-electron chi connectivity index (χ3n) is 4.31. The monoisotopic (exact) mass is 440 g/mol. The Balaban J connectivity index is 1.83. The summed E-state index contributed by atoms with van der Waals surface area (Å²) in [6.07, 6.45) is 0. The van der Waals surface area contributed by atoms with E-state index in [1.165, 1.54) is 6.92 Å². The minimum Gasteiger partial charge on any atom is -0.325 e. The number of nitrogens with one attached hydrogen (secondary N) is 2. The van der Waals surface area contributed by atoms with Gasteiger partial charge < -0.3 is 10.6 Å². The lowest BCUT2D eigenvalue weighted by molar-refractivity contribution is -0.114. The van der Waals surface area contributed by atoms with Gasteiger partial charge in [-0.2, -0.15) is 5.10 Å². The zero-order chi connectivity index (χ0) is 20.4. The van der Waals surface area contributed by atoms with E-state index >= 15 is 0 Å². The predicted octanol–water partition coefficient (Wildman–Crippen LogP) is 4.77. The van der Waals surface area contributed by atoms with Crippen molar-refractivity contribution in [2.45, 2.75) is 27.7 Å². The number of aryl methyl sites for hydroxylation is 2. The summed E-state index contributed by atoms with van der Waals surface area (Å²) in [5.74, 6) is -0.446. The summed E-state index contributed by atoms with van der Waals surface area (Å²) in [6.45, 7) is 7.27. The average molecular weight is 441 g/mol. The molecule has 0 fully saturated rings. The summed E-state index contributed by atoms with van der Waals surface area (Å²) in [6, 6.07) is 12.7. The Kier molecular flexibility index (Phi) is 5.65. The lowest BCUT2D eigenvalue weighted by Crippen LogP contribution is -2.15. The molecule has 0 atom stereocenters. The molecule has 2 aromatic carbocycles. The third kappa shape index (κ3) is 4.14. The summed E-state index contributed by atoms with van der Waals surface area (Å²) in [7, 11) is 0. The van der Waals surface area contributed by atoms with Gasteiger partial charge in [-0.05, 0) is 78.7 Å². The molecule has 2 N–H and O–H groups in total. The summed E-state index contributed by atoms with van der Waals surface area (Å²) >= 11 is 3.52. The number of halogens is 1. The highest BCUT2D eigenvalue weighted by atomic mass is 79.9. The lowest BCUT2D eigenvalue weighted by Gasteiger charge is -2.13. The first-order valence-corrected chi connectivity index (χ1v) is 9.57. The SMILES string of the molecule is CC(=O)Nc1ccc(C)cc1NC(=O)c1ccc(-n2nc(C)c(Br)c2C)cc1. The van der Waals surface area contributed by atoms with Crippen molar-refractivity contribution in [2.75, 3.05) is 10.6 Å². The Morgan fingerprint density at radius 1 is 0.964 bits per heavy atom. The van der Waals surface area contributed by atoms with E-state index in [4.69, 9.17) is 0 Å². The number of hydrogen-bond acceptors (Lipinski definition) is 3. The smallest absolute Gasteiger partial charge is 0.255 e. The normalized spacial score (nSPS) is 10.6. The highest BCUT2D eigenvalue weighted by Gasteiger charge is 2.13. The number of aromatic nitrogens is 2. The summed E-state index contributed by atoms with van der Waals surface area (Å²) < 4.78 is 2.80. The molecule has 144 valence electrons. The quantitative estimate of drug-likeness (QED) is 0.613. The van der Waals surface area contributed by atoms with Crippen molar-refractivity contribution in [3.8, 4) is 5.69 Å². The van der Waals surface area contributed by atoms with E-state index in [0.717, 1.165) is 27.1 Å². The van der Waals surface area contributed by atoms with Gasteiger partial charge in [0.2, 0.25) is 5.91 Å². The molecular weight excluding hydrogens is 420 g/mol. The minimum absolute atomic E-state index is 0.195. The number of nitrogens with zero attached hydrogens (tertiary/aromatic N) is 2. The van der Waals surface area contributed by atoms with Crippen LogP contribution in [0.1, 0.15) is 34.2 Å². The van der Waals surface area contributed by atoms with Gasteiger partial charge in [-0.15, -0.1) is 0 Å². The van der Waals surface area contributed by atoms with Crippen molar-refractivity contribution in [1.29, 1.82) is 0 Å². The first-order chi connectivity index (χ1) is 13.3. The van der Waals surface area contributed by atoms with Gasteiger partial charge in [-0.3, -0.25) is 9.59 Å². The molecule has 0 saturated carbocycles. The molecule has 0 radical (unpaired) electrons. The first kappa shape index (κ1) is 19.8. The van der Waals surface area contributed by atoms with Crippen molar-refractivity contribution in [1.82, 2.24) is 9.78 Å². The molecule has 0 unspecified atom stereocenters. The second kappa shape index (κ2) is 7.98. The first-order valence-electron chi connectivity index (χ1n) is 8.78. The van der Waals surface area contributed by atoms with E-state index in [1.54, 1.807) is 18.2 Å². The predicted molar refractivity (Wildman–Crippen MR) is 114 cm³/mol. The van der Waals surface area contributed by atoms with Gasteiger partial charge in [0.25, 0.3) is 5.91 Å². The molecule has 1 aromatic heterocycles. The maximum atomic E-state index is 12.7. The highest BCUT2D eigenvalue weighted by Crippen LogP contribution is 2.25. The van der Waals surface area contributed by atoms with E-state index in [1.807, 2.05) is 49.7 Å². The Labute approximate surface area is 172 Å². The Bertz CT molecular complexity index is 1060. The fraction of sp³-hybridized carbons (Fsp3) is 0.190. The molecule has 7 heteroatoms. The third-order valence-corrected chi connectivity index (χ3v) is 5.46. The average Bonchev–Trinajstić information content (AvgIpc) is 2.91. The number of rotatable bonds is 4. The maximum Gasteiger partial charge on any atom is 0.255 e. The summed E-state index contributed by atoms with van der Waals surface area (Å²) in [4.78, 5) is 24.1. The Morgan fingerprint density at radius 3 is 2.21 bits per heavy atom. The number of benzene rings is 2. The van der Waals surface area contributed by atoms with Crippen molar-refractivity contribution in [3.63, 3.8) is 0 Å². The molecule has 0 aliphatic heterocycles. The summed E-state index contributed by atoms with van der Waals surface area (Å²) in [5.41, 5.74) is 5.40. The van der Waals surface area contributed by atoms with Crippen LogP contribution in [0.4, 0.5) is 11.4 Å². The zero-order valence-electron chi connectivity index (χ0n) is 16.1. The van der Waals surface area contributed by atoms with Crippen molar-refractivity contribution < 1.29 is 9.59 Å². The highest BCUT2D eigenvalue weighted by molar-refractivity contribution is 9.10. The molecule has 0 aliphatic carbocycles. The fourth-order valence-electron chi connectivity index (χ4n) is 2.88. The van der Waals surface area contributed by atoms with Crippen LogP contribution in [0.5, 0.6) is 0 Å². The molecule has 0 spiro atoms. The number of hydrogen-bond donors (Lipinski definition) is 2. The number of amides is 2. The topological polar surface area (TPSA) is 76.0 Å². The molecule has 0 aliphatic rings. The molecule has 2 amide bonds. The second-order valence-corrected chi connectivity index (χ2v) is 7.42. The van der Waals surface area contributed by atoms with Crippen molar-refractivity contribution in [2.24, 2.45) is 0 Å². The van der Waals surface area contributed by atoms with E-state index < -0.39 is 0 Å². The number of carbonyl (C=O) groups excluding carboxylic acids is 2. The van der Waals surface area contributed by atoms with Gasteiger partial charge in [-0.1, -0.05) is 6.07 Å². The molecule has 0 saturated heterocycles. The van der Waals surface area contributed by atoms with E-state index in [2.05, 4.69) is 31.7 Å². The standard InChI is InChI=1S/C21H21BrN4O2/c1-12-5-10-18(23-15(4)27)19(11-12)24-21(28)16-6-8-17(9-7-16)26-14(3)20(22)13(2)25-26/h5-11H,1-4H3,(H,23,27)(H,24,28). The van der Waals surface area contributed by atoms with Gasteiger partial charge in [0.05, 0.1) is 32.9 Å². The van der Waals surface area contributed by atoms with E-state index in [9.17, 15) is 9.59 Å². The van der Waals surface area contributed by atoms with Crippen LogP contribution in [0.25, 0.3) is 5.69 Å². The number of carbonyl (C=O) groups is 2. The molecule has 0 bridgehead atoms. The molecule has 1 heterocycles. The van der Waals surface area contributed by atoms with Gasteiger partial charge in [0.1, 0.15) is 0 Å². The summed E-state index contributed by atoms with van der Waals surface area (Å²) in [5, 5.41) is 10.1. The maximum absolute atomic E-state index is 12.7. The molecule has 6 nitrogen and oxygen atoms in total. The Morgan fingerprint density at radius 2 is 1.64 bits per heavy atom. The molecule has 3 aromatic rings. The van der Waals surface area contributed by atoms with Crippen molar-refractivity contribution >= 4 is 39.1 Å². The largest absolute Gasteiger partial charge is 0.325 e.